The molecule has 4 aliphatic rings. The molecule has 1 aromatic rings. The van der Waals surface area contributed by atoms with Crippen LogP contribution in [0, 0.1) is 34.5 Å². The van der Waals surface area contributed by atoms with E-state index in [1.54, 1.807) is 5.57 Å². The van der Waals surface area contributed by atoms with Gasteiger partial charge in [0.1, 0.15) is 0 Å². The molecule has 0 spiro atoms. The van der Waals surface area contributed by atoms with E-state index in [2.05, 4.69) is 69.8 Å². The van der Waals surface area contributed by atoms with Crippen molar-refractivity contribution in [1.82, 2.24) is 0 Å². The molecule has 29 heavy (non-hydrogen) atoms. The Kier molecular flexibility index (Phi) is 4.68. The topological polar surface area (TPSA) is 0 Å². The summed E-state index contributed by atoms with van der Waals surface area (Å²) in [4.78, 5) is 0. The Labute approximate surface area is 178 Å². The second-order valence-corrected chi connectivity index (χ2v) is 11.2. The smallest absolute Gasteiger partial charge is 0.00383 e. The maximum absolute atomic E-state index is 4.19. The van der Waals surface area contributed by atoms with Crippen LogP contribution in [0.15, 0.2) is 60.2 Å². The molecule has 0 saturated heterocycles. The lowest BCUT2D eigenvalue weighted by Crippen LogP contribution is -2.49. The van der Waals surface area contributed by atoms with Gasteiger partial charge in [-0.25, -0.2) is 0 Å². The Morgan fingerprint density at radius 3 is 2.48 bits per heavy atom. The normalized spacial score (nSPS) is 40.9. The van der Waals surface area contributed by atoms with Gasteiger partial charge in [0.25, 0.3) is 0 Å². The van der Waals surface area contributed by atoms with Gasteiger partial charge < -0.3 is 0 Å². The van der Waals surface area contributed by atoms with Gasteiger partial charge in [0, 0.05) is 0 Å². The van der Waals surface area contributed by atoms with Gasteiger partial charge in [-0.2, -0.15) is 0 Å². The first-order chi connectivity index (χ1) is 13.9. The van der Waals surface area contributed by atoms with Crippen molar-refractivity contribution in [3.05, 3.63) is 65.8 Å². The summed E-state index contributed by atoms with van der Waals surface area (Å²) in [6, 6.07) is 11.2. The van der Waals surface area contributed by atoms with Crippen molar-refractivity contribution in [2.24, 2.45) is 34.5 Å². The van der Waals surface area contributed by atoms with Gasteiger partial charge >= 0.3 is 0 Å². The standard InChI is InChI=1S/C29H38/c1-20(2)18-21-14-16-28(3)23(19-21)10-11-24-26-13-12-25(22-8-6-5-7-9-22)29(26,4)17-15-27(24)28/h5-10,12,21,24,26-27H,1,11,13-19H2,2-4H3. The lowest BCUT2D eigenvalue weighted by Gasteiger charge is -2.58. The molecule has 6 atom stereocenters. The molecule has 6 unspecified atom stereocenters. The zero-order valence-corrected chi connectivity index (χ0v) is 18.7. The van der Waals surface area contributed by atoms with E-state index in [1.807, 2.05) is 5.57 Å². The number of allylic oxidation sites excluding steroid dienone is 5. The molecular formula is C29H38. The van der Waals surface area contributed by atoms with Crippen LogP contribution in [0.2, 0.25) is 0 Å². The Morgan fingerprint density at radius 2 is 1.72 bits per heavy atom. The fourth-order valence-corrected chi connectivity index (χ4v) is 8.04. The molecule has 0 aromatic heterocycles. The summed E-state index contributed by atoms with van der Waals surface area (Å²) < 4.78 is 0. The fourth-order valence-electron chi connectivity index (χ4n) is 8.04. The van der Waals surface area contributed by atoms with Crippen LogP contribution in [0.5, 0.6) is 0 Å². The monoisotopic (exact) mass is 386 g/mol. The van der Waals surface area contributed by atoms with Gasteiger partial charge in [-0.1, -0.05) is 67.5 Å². The molecule has 1 aromatic carbocycles. The van der Waals surface area contributed by atoms with Gasteiger partial charge in [0.2, 0.25) is 0 Å². The average Bonchev–Trinajstić information content (AvgIpc) is 3.06. The highest BCUT2D eigenvalue weighted by Crippen LogP contribution is 2.66. The Hall–Kier alpha value is -1.56. The zero-order valence-electron chi connectivity index (χ0n) is 18.7. The first-order valence-electron chi connectivity index (χ1n) is 12.0. The zero-order chi connectivity index (χ0) is 20.2. The molecule has 2 saturated carbocycles. The summed E-state index contributed by atoms with van der Waals surface area (Å²) in [6.07, 6.45) is 16.1. The van der Waals surface area contributed by atoms with E-state index in [-0.39, 0.29) is 0 Å². The van der Waals surface area contributed by atoms with Crippen LogP contribution in [-0.4, -0.2) is 0 Å². The molecule has 2 fully saturated rings. The van der Waals surface area contributed by atoms with Crippen molar-refractivity contribution in [1.29, 1.82) is 0 Å². The van der Waals surface area contributed by atoms with Crippen molar-refractivity contribution >= 4 is 5.57 Å². The predicted molar refractivity (Wildman–Crippen MR) is 124 cm³/mol. The molecular weight excluding hydrogens is 348 g/mol. The second kappa shape index (κ2) is 7.00. The summed E-state index contributed by atoms with van der Waals surface area (Å²) in [5.41, 5.74) is 7.13. The number of fused-ring (bicyclic) bond motifs is 5. The average molecular weight is 387 g/mol. The molecule has 0 nitrogen and oxygen atoms in total. The third-order valence-corrected chi connectivity index (χ3v) is 9.51. The van der Waals surface area contributed by atoms with Crippen LogP contribution < -0.4 is 0 Å². The molecule has 0 heterocycles. The molecule has 4 aliphatic carbocycles. The van der Waals surface area contributed by atoms with Gasteiger partial charge in [0.15, 0.2) is 0 Å². The Morgan fingerprint density at radius 1 is 0.966 bits per heavy atom. The summed E-state index contributed by atoms with van der Waals surface area (Å²) in [5.74, 6) is 3.45. The third-order valence-electron chi connectivity index (χ3n) is 9.51. The van der Waals surface area contributed by atoms with Gasteiger partial charge in [-0.05, 0) is 104 Å². The van der Waals surface area contributed by atoms with E-state index in [1.165, 1.54) is 62.5 Å². The van der Waals surface area contributed by atoms with Crippen LogP contribution in [0.25, 0.3) is 5.57 Å². The number of hydrogen-bond acceptors (Lipinski definition) is 0. The quantitative estimate of drug-likeness (QED) is 0.459. The molecule has 0 aliphatic heterocycles. The molecule has 0 radical (unpaired) electrons. The van der Waals surface area contributed by atoms with Gasteiger partial charge in [0.05, 0.1) is 0 Å². The largest absolute Gasteiger partial charge is 0.100 e. The van der Waals surface area contributed by atoms with Crippen LogP contribution in [0.3, 0.4) is 0 Å². The minimum atomic E-state index is 0.376. The lowest BCUT2D eigenvalue weighted by molar-refractivity contribution is -0.0145. The predicted octanol–water partition coefficient (Wildman–Crippen LogP) is 8.23. The summed E-state index contributed by atoms with van der Waals surface area (Å²) in [7, 11) is 0. The molecule has 0 amide bonds. The molecule has 0 heteroatoms. The first-order valence-corrected chi connectivity index (χ1v) is 12.0. The SMILES string of the molecule is C=C(C)CC1CCC2(C)C(=CCC3C2CCC2(C)C(c4ccccc4)=CCC32)C1. The molecule has 5 rings (SSSR count). The Balaban J connectivity index is 1.41. The summed E-state index contributed by atoms with van der Waals surface area (Å²) in [5, 5.41) is 0. The van der Waals surface area contributed by atoms with Crippen molar-refractivity contribution < 1.29 is 0 Å². The van der Waals surface area contributed by atoms with E-state index in [0.29, 0.717) is 10.8 Å². The first kappa shape index (κ1) is 19.4. The minimum Gasteiger partial charge on any atom is -0.100 e. The van der Waals surface area contributed by atoms with Gasteiger partial charge in [-0.3, -0.25) is 0 Å². The molecule has 154 valence electrons. The van der Waals surface area contributed by atoms with Crippen LogP contribution >= 0.6 is 0 Å². The third kappa shape index (κ3) is 3.01. The summed E-state index contributed by atoms with van der Waals surface area (Å²) in [6.45, 7) is 11.6. The molecule has 0 N–H and O–H groups in total. The second-order valence-electron chi connectivity index (χ2n) is 11.2. The highest BCUT2D eigenvalue weighted by molar-refractivity contribution is 5.72. The van der Waals surface area contributed by atoms with E-state index >= 15 is 0 Å². The molecule has 0 bridgehead atoms. The van der Waals surface area contributed by atoms with Crippen LogP contribution in [0.4, 0.5) is 0 Å². The van der Waals surface area contributed by atoms with Crippen molar-refractivity contribution in [3.8, 4) is 0 Å². The number of hydrogen-bond donors (Lipinski definition) is 0. The highest BCUT2D eigenvalue weighted by atomic mass is 14.6. The van der Waals surface area contributed by atoms with E-state index in [0.717, 1.165) is 23.7 Å². The van der Waals surface area contributed by atoms with Crippen molar-refractivity contribution in [2.45, 2.75) is 72.1 Å². The van der Waals surface area contributed by atoms with Crippen molar-refractivity contribution in [2.75, 3.05) is 0 Å². The van der Waals surface area contributed by atoms with E-state index < -0.39 is 0 Å². The lowest BCUT2D eigenvalue weighted by atomic mass is 9.46. The minimum absolute atomic E-state index is 0.376. The fraction of sp³-hybridized carbons (Fsp3) is 0.586. The van der Waals surface area contributed by atoms with Crippen LogP contribution in [-0.2, 0) is 0 Å². The highest BCUT2D eigenvalue weighted by Gasteiger charge is 2.56. The summed E-state index contributed by atoms with van der Waals surface area (Å²) >= 11 is 0. The van der Waals surface area contributed by atoms with E-state index in [9.17, 15) is 0 Å². The van der Waals surface area contributed by atoms with E-state index in [4.69, 9.17) is 0 Å². The maximum atomic E-state index is 4.19. The van der Waals surface area contributed by atoms with Crippen molar-refractivity contribution in [3.63, 3.8) is 0 Å². The maximum Gasteiger partial charge on any atom is -0.00383 e. The number of benzene rings is 1. The Bertz CT molecular complexity index is 855. The number of rotatable bonds is 3. The van der Waals surface area contributed by atoms with Gasteiger partial charge in [-0.15, -0.1) is 6.58 Å². The van der Waals surface area contributed by atoms with Crippen LogP contribution in [0.1, 0.15) is 77.7 Å².